The van der Waals surface area contributed by atoms with Gasteiger partial charge in [0.15, 0.2) is 0 Å². The summed E-state index contributed by atoms with van der Waals surface area (Å²) in [5.74, 6) is 0. The van der Waals surface area contributed by atoms with Crippen molar-refractivity contribution in [3.8, 4) is 0 Å². The van der Waals surface area contributed by atoms with Crippen LogP contribution >= 0.6 is 15.9 Å². The predicted octanol–water partition coefficient (Wildman–Crippen LogP) is 0.979. The van der Waals surface area contributed by atoms with E-state index in [-0.39, 0.29) is 6.10 Å². The van der Waals surface area contributed by atoms with Gasteiger partial charge in [0.05, 0.1) is 10.9 Å². The van der Waals surface area contributed by atoms with Crippen molar-refractivity contribution in [1.82, 2.24) is 4.90 Å². The van der Waals surface area contributed by atoms with E-state index in [0.29, 0.717) is 10.9 Å². The molecule has 0 aromatic rings. The SMILES string of the molecule is O[C@H]1[C@H]2CCCCN2C[C@@H]1Br. The number of rotatable bonds is 0. The zero-order chi connectivity index (χ0) is 7.84. The fraction of sp³-hybridized carbons (Fsp3) is 1.00. The van der Waals surface area contributed by atoms with E-state index in [0.717, 1.165) is 6.54 Å². The highest BCUT2D eigenvalue weighted by atomic mass is 79.9. The van der Waals surface area contributed by atoms with Gasteiger partial charge in [-0.2, -0.15) is 0 Å². The second-order valence-corrected chi connectivity index (χ2v) is 4.74. The largest absolute Gasteiger partial charge is 0.390 e. The Balaban J connectivity index is 2.05. The van der Waals surface area contributed by atoms with Crippen LogP contribution in [0.25, 0.3) is 0 Å². The Morgan fingerprint density at radius 2 is 2.18 bits per heavy atom. The van der Waals surface area contributed by atoms with Crippen molar-refractivity contribution in [3.63, 3.8) is 0 Å². The molecule has 0 saturated carbocycles. The van der Waals surface area contributed by atoms with E-state index in [1.165, 1.54) is 25.8 Å². The van der Waals surface area contributed by atoms with Gasteiger partial charge in [-0.05, 0) is 19.4 Å². The lowest BCUT2D eigenvalue weighted by atomic mass is 10.0. The van der Waals surface area contributed by atoms with Crippen molar-refractivity contribution in [3.05, 3.63) is 0 Å². The molecule has 1 N–H and O–H groups in total. The summed E-state index contributed by atoms with van der Waals surface area (Å²) in [4.78, 5) is 2.72. The molecular weight excluding hydrogens is 206 g/mol. The summed E-state index contributed by atoms with van der Waals surface area (Å²) >= 11 is 3.50. The van der Waals surface area contributed by atoms with Crippen molar-refractivity contribution >= 4 is 15.9 Å². The number of piperidine rings is 1. The number of aliphatic hydroxyl groups is 1. The molecule has 3 atom stereocenters. The topological polar surface area (TPSA) is 23.5 Å². The van der Waals surface area contributed by atoms with E-state index < -0.39 is 0 Å². The van der Waals surface area contributed by atoms with E-state index in [1.807, 2.05) is 0 Å². The molecule has 11 heavy (non-hydrogen) atoms. The molecule has 0 amide bonds. The van der Waals surface area contributed by atoms with Gasteiger partial charge in [-0.15, -0.1) is 0 Å². The fourth-order valence-electron chi connectivity index (χ4n) is 2.20. The third-order valence-electron chi connectivity index (χ3n) is 2.84. The third kappa shape index (κ3) is 1.34. The minimum absolute atomic E-state index is 0.129. The summed E-state index contributed by atoms with van der Waals surface area (Å²) in [6.45, 7) is 2.22. The van der Waals surface area contributed by atoms with Crippen LogP contribution in [0.5, 0.6) is 0 Å². The smallest absolute Gasteiger partial charge is 0.0832 e. The number of fused-ring (bicyclic) bond motifs is 1. The van der Waals surface area contributed by atoms with Gasteiger partial charge in [-0.1, -0.05) is 22.4 Å². The van der Waals surface area contributed by atoms with Crippen LogP contribution in [0.1, 0.15) is 19.3 Å². The van der Waals surface area contributed by atoms with E-state index in [4.69, 9.17) is 0 Å². The number of hydrogen-bond acceptors (Lipinski definition) is 2. The van der Waals surface area contributed by atoms with Crippen LogP contribution in [-0.4, -0.2) is 40.1 Å². The minimum Gasteiger partial charge on any atom is -0.390 e. The molecular formula is C8H14BrNO. The van der Waals surface area contributed by atoms with Gasteiger partial charge in [0.25, 0.3) is 0 Å². The monoisotopic (exact) mass is 219 g/mol. The van der Waals surface area contributed by atoms with Crippen LogP contribution in [-0.2, 0) is 0 Å². The first-order valence-electron chi connectivity index (χ1n) is 4.35. The van der Waals surface area contributed by atoms with Gasteiger partial charge in [-0.3, -0.25) is 4.90 Å². The number of hydrogen-bond donors (Lipinski definition) is 1. The zero-order valence-corrected chi connectivity index (χ0v) is 8.13. The molecule has 64 valence electrons. The number of alkyl halides is 1. The Hall–Kier alpha value is 0.400. The molecule has 2 rings (SSSR count). The van der Waals surface area contributed by atoms with Crippen LogP contribution in [0, 0.1) is 0 Å². The van der Waals surface area contributed by atoms with Crippen molar-refractivity contribution in [2.24, 2.45) is 0 Å². The van der Waals surface area contributed by atoms with E-state index in [1.54, 1.807) is 0 Å². The first kappa shape index (κ1) is 8.02. The molecule has 2 nitrogen and oxygen atoms in total. The number of aliphatic hydroxyl groups excluding tert-OH is 1. The summed E-state index contributed by atoms with van der Waals surface area (Å²) in [5, 5.41) is 9.70. The molecule has 2 fully saturated rings. The average molecular weight is 220 g/mol. The molecule has 0 aromatic carbocycles. The van der Waals surface area contributed by atoms with Gasteiger partial charge in [0.1, 0.15) is 0 Å². The molecule has 0 aromatic heterocycles. The average Bonchev–Trinajstić information content (AvgIpc) is 2.30. The molecule has 0 bridgehead atoms. The summed E-state index contributed by atoms with van der Waals surface area (Å²) < 4.78 is 0. The maximum absolute atomic E-state index is 9.70. The Labute approximate surface area is 75.7 Å². The predicted molar refractivity (Wildman–Crippen MR) is 47.9 cm³/mol. The molecule has 0 radical (unpaired) electrons. The summed E-state index contributed by atoms with van der Waals surface area (Å²) in [6.07, 6.45) is 3.65. The second-order valence-electron chi connectivity index (χ2n) is 3.56. The van der Waals surface area contributed by atoms with Crippen LogP contribution in [0.4, 0.5) is 0 Å². The molecule has 2 saturated heterocycles. The van der Waals surface area contributed by atoms with E-state index >= 15 is 0 Å². The normalized spacial score (nSPS) is 45.8. The number of nitrogens with zero attached hydrogens (tertiary/aromatic N) is 1. The maximum atomic E-state index is 9.70. The first-order chi connectivity index (χ1) is 5.29. The lowest BCUT2D eigenvalue weighted by Gasteiger charge is -2.30. The molecule has 0 aliphatic carbocycles. The summed E-state index contributed by atoms with van der Waals surface area (Å²) in [6, 6.07) is 0.452. The van der Waals surface area contributed by atoms with E-state index in [2.05, 4.69) is 20.8 Å². The van der Waals surface area contributed by atoms with Crippen molar-refractivity contribution in [1.29, 1.82) is 0 Å². The Kier molecular flexibility index (Phi) is 2.21. The Morgan fingerprint density at radius 1 is 1.36 bits per heavy atom. The van der Waals surface area contributed by atoms with Gasteiger partial charge in [-0.25, -0.2) is 0 Å². The van der Waals surface area contributed by atoms with Crippen LogP contribution < -0.4 is 0 Å². The van der Waals surface area contributed by atoms with E-state index in [9.17, 15) is 5.11 Å². The summed E-state index contributed by atoms with van der Waals surface area (Å²) in [7, 11) is 0. The lowest BCUT2D eigenvalue weighted by molar-refractivity contribution is 0.0931. The Morgan fingerprint density at radius 3 is 2.91 bits per heavy atom. The fourth-order valence-corrected chi connectivity index (χ4v) is 2.93. The maximum Gasteiger partial charge on any atom is 0.0832 e. The van der Waals surface area contributed by atoms with Gasteiger partial charge >= 0.3 is 0 Å². The minimum atomic E-state index is -0.129. The van der Waals surface area contributed by atoms with Crippen molar-refractivity contribution < 1.29 is 5.11 Å². The molecule has 2 aliphatic heterocycles. The number of halogens is 1. The quantitative estimate of drug-likeness (QED) is 0.615. The Bertz CT molecular complexity index is 153. The highest BCUT2D eigenvalue weighted by Crippen LogP contribution is 2.30. The summed E-state index contributed by atoms with van der Waals surface area (Å²) in [5.41, 5.74) is 0. The lowest BCUT2D eigenvalue weighted by Crippen LogP contribution is -2.39. The molecule has 0 spiro atoms. The molecule has 0 unspecified atom stereocenters. The third-order valence-corrected chi connectivity index (χ3v) is 3.67. The highest BCUT2D eigenvalue weighted by molar-refractivity contribution is 9.09. The van der Waals surface area contributed by atoms with Gasteiger partial charge in [0.2, 0.25) is 0 Å². The zero-order valence-electron chi connectivity index (χ0n) is 6.54. The standard InChI is InChI=1S/C8H14BrNO/c9-6-5-10-4-2-1-3-7(10)8(6)11/h6-8,11H,1-5H2/t6-,7+,8+/m0/s1. The second kappa shape index (κ2) is 3.04. The van der Waals surface area contributed by atoms with Crippen molar-refractivity contribution in [2.75, 3.05) is 13.1 Å². The van der Waals surface area contributed by atoms with Gasteiger partial charge in [0, 0.05) is 12.6 Å². The molecule has 2 aliphatic rings. The molecule has 2 heterocycles. The van der Waals surface area contributed by atoms with Crippen molar-refractivity contribution in [2.45, 2.75) is 36.2 Å². The van der Waals surface area contributed by atoms with Crippen LogP contribution in [0.2, 0.25) is 0 Å². The van der Waals surface area contributed by atoms with Gasteiger partial charge < -0.3 is 5.11 Å². The van der Waals surface area contributed by atoms with Crippen LogP contribution in [0.15, 0.2) is 0 Å². The van der Waals surface area contributed by atoms with Crippen LogP contribution in [0.3, 0.4) is 0 Å². The highest BCUT2D eigenvalue weighted by Gasteiger charge is 2.39. The molecule has 3 heteroatoms. The first-order valence-corrected chi connectivity index (χ1v) is 5.27.